The molecular formula is C18H21O3S+. The Kier molecular flexibility index (Phi) is 5.01. The lowest BCUT2D eigenvalue weighted by atomic mass is 10.1. The van der Waals surface area contributed by atoms with Crippen LogP contribution in [0.1, 0.15) is 12.8 Å². The number of Topliss-reactive ketones (excluding diaryl/α,β-unsaturated/α-hetero) is 1. The van der Waals surface area contributed by atoms with Crippen LogP contribution in [0.25, 0.3) is 10.8 Å². The molecule has 22 heavy (non-hydrogen) atoms. The molecule has 1 aliphatic heterocycles. The first kappa shape index (κ1) is 15.4. The summed E-state index contributed by atoms with van der Waals surface area (Å²) in [7, 11) is 1.86. The number of rotatable bonds is 5. The summed E-state index contributed by atoms with van der Waals surface area (Å²) in [4.78, 5) is 12.9. The van der Waals surface area contributed by atoms with E-state index in [1.807, 2.05) is 6.07 Å². The van der Waals surface area contributed by atoms with Gasteiger partial charge < -0.3 is 9.47 Å². The van der Waals surface area contributed by atoms with Crippen LogP contribution in [-0.4, -0.2) is 37.6 Å². The van der Waals surface area contributed by atoms with E-state index in [4.69, 9.17) is 9.47 Å². The molecule has 4 heteroatoms. The van der Waals surface area contributed by atoms with Crippen LogP contribution in [-0.2, 0) is 20.4 Å². The van der Waals surface area contributed by atoms with Gasteiger partial charge in [0, 0.05) is 28.8 Å². The molecule has 0 aromatic heterocycles. The average molecular weight is 317 g/mol. The van der Waals surface area contributed by atoms with E-state index < -0.39 is 0 Å². The van der Waals surface area contributed by atoms with Gasteiger partial charge in [-0.25, -0.2) is 0 Å². The van der Waals surface area contributed by atoms with Crippen molar-refractivity contribution in [1.29, 1.82) is 0 Å². The first-order valence-electron chi connectivity index (χ1n) is 7.62. The maximum Gasteiger partial charge on any atom is 0.163 e. The quantitative estimate of drug-likeness (QED) is 0.627. The summed E-state index contributed by atoms with van der Waals surface area (Å²) in [6.07, 6.45) is 1.45. The zero-order valence-corrected chi connectivity index (χ0v) is 13.7. The molecule has 2 aromatic carbocycles. The molecule has 1 saturated heterocycles. The van der Waals surface area contributed by atoms with E-state index >= 15 is 0 Å². The van der Waals surface area contributed by atoms with E-state index in [0.717, 1.165) is 35.5 Å². The van der Waals surface area contributed by atoms with Crippen molar-refractivity contribution >= 4 is 27.5 Å². The second-order valence-electron chi connectivity index (χ2n) is 5.39. The molecule has 0 amide bonds. The van der Waals surface area contributed by atoms with Gasteiger partial charge in [0.05, 0.1) is 19.4 Å². The van der Waals surface area contributed by atoms with E-state index in [1.54, 1.807) is 7.11 Å². The van der Waals surface area contributed by atoms with Gasteiger partial charge in [-0.3, -0.25) is 4.79 Å². The molecule has 0 atom stereocenters. The van der Waals surface area contributed by atoms with Gasteiger partial charge in [-0.2, -0.15) is 0 Å². The smallest absolute Gasteiger partial charge is 0.163 e. The third-order valence-electron chi connectivity index (χ3n) is 3.95. The largest absolute Gasteiger partial charge is 0.491 e. The number of ketones is 1. The molecule has 1 fully saturated rings. The van der Waals surface area contributed by atoms with Gasteiger partial charge in [-0.15, -0.1) is 0 Å². The molecule has 0 aliphatic carbocycles. The fraction of sp³-hybridized carbons (Fsp3) is 0.389. The molecule has 0 N–H and O–H groups in total. The second-order valence-corrected chi connectivity index (χ2v) is 7.63. The fourth-order valence-corrected chi connectivity index (χ4v) is 5.12. The van der Waals surface area contributed by atoms with Crippen LogP contribution in [0.5, 0.6) is 5.75 Å². The van der Waals surface area contributed by atoms with Gasteiger partial charge in [0.2, 0.25) is 0 Å². The Morgan fingerprint density at radius 3 is 2.45 bits per heavy atom. The summed E-state index contributed by atoms with van der Waals surface area (Å²) < 4.78 is 10.9. The minimum Gasteiger partial charge on any atom is -0.491 e. The van der Waals surface area contributed by atoms with Crippen molar-refractivity contribution < 1.29 is 14.3 Å². The van der Waals surface area contributed by atoms with E-state index in [-0.39, 0.29) is 10.9 Å². The van der Waals surface area contributed by atoms with Crippen LogP contribution in [0.15, 0.2) is 41.3 Å². The van der Waals surface area contributed by atoms with E-state index in [0.29, 0.717) is 19.0 Å². The Hall–Kier alpha value is -1.52. The first-order chi connectivity index (χ1) is 10.8. The van der Waals surface area contributed by atoms with Gasteiger partial charge in [-0.1, -0.05) is 18.2 Å². The first-order valence-corrected chi connectivity index (χ1v) is 9.18. The number of fused-ring (bicyclic) bond motifs is 1. The molecule has 0 saturated carbocycles. The Labute approximate surface area is 134 Å². The molecule has 3 rings (SSSR count). The third-order valence-corrected chi connectivity index (χ3v) is 6.33. The monoisotopic (exact) mass is 317 g/mol. The highest BCUT2D eigenvalue weighted by Gasteiger charge is 2.30. The van der Waals surface area contributed by atoms with Crippen LogP contribution in [0, 0.1) is 0 Å². The third kappa shape index (κ3) is 3.28. The molecule has 2 aromatic rings. The predicted molar refractivity (Wildman–Crippen MR) is 90.9 cm³/mol. The molecule has 0 spiro atoms. The van der Waals surface area contributed by atoms with E-state index in [9.17, 15) is 4.79 Å². The summed E-state index contributed by atoms with van der Waals surface area (Å²) in [6.45, 7) is 1.14. The minimum atomic E-state index is 0.180. The zero-order valence-electron chi connectivity index (χ0n) is 12.8. The Morgan fingerprint density at radius 2 is 1.73 bits per heavy atom. The van der Waals surface area contributed by atoms with Gasteiger partial charge in [0.25, 0.3) is 0 Å². The molecule has 1 aliphatic rings. The number of ether oxygens (including phenoxy) is 2. The Morgan fingerprint density at radius 1 is 1.00 bits per heavy atom. The highest BCUT2D eigenvalue weighted by Crippen LogP contribution is 2.33. The Balaban J connectivity index is 1.92. The normalized spacial score (nSPS) is 16.1. The van der Waals surface area contributed by atoms with Crippen LogP contribution in [0.3, 0.4) is 0 Å². The maximum atomic E-state index is 11.5. The number of carbonyl (C=O) groups excluding carboxylic acids is 1. The lowest BCUT2D eigenvalue weighted by Gasteiger charge is -2.16. The van der Waals surface area contributed by atoms with Gasteiger partial charge in [-0.05, 0) is 18.2 Å². The SMILES string of the molecule is COCCOc1ccc([S+]2CCC(=O)CC2)c2ccccc12. The molecular weight excluding hydrogens is 296 g/mol. The van der Waals surface area contributed by atoms with Gasteiger partial charge in [0.1, 0.15) is 29.6 Å². The fourth-order valence-electron chi connectivity index (χ4n) is 2.78. The molecule has 3 nitrogen and oxygen atoms in total. The zero-order chi connectivity index (χ0) is 15.4. The van der Waals surface area contributed by atoms with Crippen molar-refractivity contribution in [1.82, 2.24) is 0 Å². The van der Waals surface area contributed by atoms with Gasteiger partial charge >= 0.3 is 0 Å². The topological polar surface area (TPSA) is 35.5 Å². The number of hydrogen-bond acceptors (Lipinski definition) is 3. The molecule has 0 bridgehead atoms. The molecule has 1 heterocycles. The van der Waals surface area contributed by atoms with Gasteiger partial charge in [0.15, 0.2) is 4.90 Å². The van der Waals surface area contributed by atoms with Crippen molar-refractivity contribution in [2.45, 2.75) is 17.7 Å². The molecule has 0 radical (unpaired) electrons. The number of methoxy groups -OCH3 is 1. The van der Waals surface area contributed by atoms with Crippen LogP contribution in [0.4, 0.5) is 0 Å². The second kappa shape index (κ2) is 7.16. The van der Waals surface area contributed by atoms with Crippen LogP contribution in [0.2, 0.25) is 0 Å². The van der Waals surface area contributed by atoms with Crippen molar-refractivity contribution in [3.63, 3.8) is 0 Å². The predicted octanol–water partition coefficient (Wildman–Crippen LogP) is 3.21. The van der Waals surface area contributed by atoms with Crippen LogP contribution >= 0.6 is 0 Å². The van der Waals surface area contributed by atoms with E-state index in [2.05, 4.69) is 30.3 Å². The highest BCUT2D eigenvalue weighted by atomic mass is 32.2. The summed E-state index contributed by atoms with van der Waals surface area (Å²) in [5.41, 5.74) is 0. The van der Waals surface area contributed by atoms with E-state index in [1.165, 1.54) is 10.3 Å². The lowest BCUT2D eigenvalue weighted by Crippen LogP contribution is -2.24. The summed E-state index contributed by atoms with van der Waals surface area (Å²) in [5, 5.41) is 2.41. The van der Waals surface area contributed by atoms with Crippen molar-refractivity contribution in [3.05, 3.63) is 36.4 Å². The summed E-state index contributed by atoms with van der Waals surface area (Å²) in [5.74, 6) is 3.31. The maximum absolute atomic E-state index is 11.5. The van der Waals surface area contributed by atoms with Crippen LogP contribution < -0.4 is 4.74 Å². The number of benzene rings is 2. The molecule has 116 valence electrons. The van der Waals surface area contributed by atoms with Crippen molar-refractivity contribution in [2.24, 2.45) is 0 Å². The number of hydrogen-bond donors (Lipinski definition) is 0. The molecule has 0 unspecified atom stereocenters. The summed E-state index contributed by atoms with van der Waals surface area (Å²) in [6, 6.07) is 12.6. The number of carbonyl (C=O) groups is 1. The average Bonchev–Trinajstić information content (AvgIpc) is 2.56. The van der Waals surface area contributed by atoms with Crippen molar-refractivity contribution in [3.8, 4) is 5.75 Å². The highest BCUT2D eigenvalue weighted by molar-refractivity contribution is 7.97. The summed E-state index contributed by atoms with van der Waals surface area (Å²) >= 11 is 0. The minimum absolute atomic E-state index is 0.180. The standard InChI is InChI=1S/C18H21O3S/c1-20-10-11-21-17-6-7-18(16-5-3-2-4-15(16)17)22-12-8-14(19)9-13-22/h2-7H,8-13H2,1H3/q+1. The Bertz CT molecular complexity index is 658. The van der Waals surface area contributed by atoms with Crippen molar-refractivity contribution in [2.75, 3.05) is 31.8 Å². The lowest BCUT2D eigenvalue weighted by molar-refractivity contribution is -0.118.